The molecule has 9 nitrogen and oxygen atoms in total. The number of carbonyl (C=O) groups is 2. The minimum atomic E-state index is -0.649. The first-order chi connectivity index (χ1) is 16.3. The predicted octanol–water partition coefficient (Wildman–Crippen LogP) is 4.61. The average molecular weight is 463 g/mol. The maximum absolute atomic E-state index is 12.9. The average Bonchev–Trinajstić information content (AvgIpc) is 3.47. The van der Waals surface area contributed by atoms with E-state index in [4.69, 9.17) is 18.5 Å². The second-order valence-electron chi connectivity index (χ2n) is 8.00. The molecule has 4 rings (SSSR count). The number of rotatable bonds is 8. The molecule has 1 aromatic carbocycles. The first-order valence-electron chi connectivity index (χ1n) is 10.7. The van der Waals surface area contributed by atoms with Crippen LogP contribution in [-0.4, -0.2) is 33.2 Å². The van der Waals surface area contributed by atoms with Gasteiger partial charge in [-0.05, 0) is 52.8 Å². The fraction of sp³-hybridized carbons (Fsp3) is 0.280. The van der Waals surface area contributed by atoms with Crippen molar-refractivity contribution in [3.05, 3.63) is 81.7 Å². The molecule has 0 aliphatic rings. The summed E-state index contributed by atoms with van der Waals surface area (Å²) < 4.78 is 23.3. The Hall–Kier alpha value is -4.14. The van der Waals surface area contributed by atoms with Gasteiger partial charge in [-0.3, -0.25) is 9.36 Å². The number of hydrogen-bond acceptors (Lipinski definition) is 8. The Morgan fingerprint density at radius 3 is 2.41 bits per heavy atom. The summed E-state index contributed by atoms with van der Waals surface area (Å²) in [7, 11) is 0. The Kier molecular flexibility index (Phi) is 6.36. The monoisotopic (exact) mass is 463 g/mol. The lowest BCUT2D eigenvalue weighted by molar-refractivity contribution is 0.0470. The van der Waals surface area contributed by atoms with Crippen molar-refractivity contribution < 1.29 is 28.1 Å². The Balaban J connectivity index is 1.45. The van der Waals surface area contributed by atoms with E-state index in [2.05, 4.69) is 10.3 Å². The van der Waals surface area contributed by atoms with E-state index < -0.39 is 12.6 Å². The van der Waals surface area contributed by atoms with Crippen LogP contribution in [0.1, 0.15) is 54.9 Å². The van der Waals surface area contributed by atoms with Crippen molar-refractivity contribution in [3.8, 4) is 11.6 Å². The maximum Gasteiger partial charge on any atom is 0.342 e. The first-order valence-corrected chi connectivity index (χ1v) is 10.7. The van der Waals surface area contributed by atoms with Gasteiger partial charge in [-0.1, -0.05) is 22.4 Å². The zero-order valence-corrected chi connectivity index (χ0v) is 19.7. The zero-order valence-electron chi connectivity index (χ0n) is 19.7. The van der Waals surface area contributed by atoms with Crippen molar-refractivity contribution in [1.82, 2.24) is 14.9 Å². The summed E-state index contributed by atoms with van der Waals surface area (Å²) in [5.74, 6) is 1.29. The number of carbonyl (C=O) groups excluding carboxylic acids is 2. The van der Waals surface area contributed by atoms with Gasteiger partial charge in [0.1, 0.15) is 29.4 Å². The molecule has 176 valence electrons. The van der Waals surface area contributed by atoms with Crippen LogP contribution in [0, 0.1) is 34.6 Å². The summed E-state index contributed by atoms with van der Waals surface area (Å²) in [6.45, 7) is 8.88. The topological polar surface area (TPSA) is 110 Å². The second kappa shape index (κ2) is 9.38. The lowest BCUT2D eigenvalue weighted by Crippen LogP contribution is -2.16. The second-order valence-corrected chi connectivity index (χ2v) is 8.00. The van der Waals surface area contributed by atoms with Gasteiger partial charge in [0, 0.05) is 23.0 Å². The third-order valence-corrected chi connectivity index (χ3v) is 5.57. The van der Waals surface area contributed by atoms with Gasteiger partial charge in [-0.2, -0.15) is 0 Å². The molecule has 0 aliphatic carbocycles. The highest BCUT2D eigenvalue weighted by atomic mass is 16.5. The van der Waals surface area contributed by atoms with Crippen LogP contribution in [0.2, 0.25) is 0 Å². The van der Waals surface area contributed by atoms with Gasteiger partial charge in [0.15, 0.2) is 12.4 Å². The molecule has 0 aliphatic heterocycles. The molecule has 0 radical (unpaired) electrons. The van der Waals surface area contributed by atoms with E-state index in [0.29, 0.717) is 34.3 Å². The highest BCUT2D eigenvalue weighted by Gasteiger charge is 2.21. The maximum atomic E-state index is 12.9. The predicted molar refractivity (Wildman–Crippen MR) is 121 cm³/mol. The molecule has 9 heteroatoms. The van der Waals surface area contributed by atoms with Crippen LogP contribution in [0.3, 0.4) is 0 Å². The molecule has 3 heterocycles. The van der Waals surface area contributed by atoms with Crippen molar-refractivity contribution >= 4 is 11.8 Å². The lowest BCUT2D eigenvalue weighted by atomic mass is 10.1. The van der Waals surface area contributed by atoms with Gasteiger partial charge in [0.05, 0.1) is 11.3 Å². The summed E-state index contributed by atoms with van der Waals surface area (Å²) in [5, 5.41) is 7.92. The third-order valence-electron chi connectivity index (χ3n) is 5.57. The van der Waals surface area contributed by atoms with Crippen LogP contribution >= 0.6 is 0 Å². The minimum absolute atomic E-state index is 0.192. The van der Waals surface area contributed by atoms with E-state index in [9.17, 15) is 9.59 Å². The number of ketones is 1. The number of nitrogens with zero attached hydrogens (tertiary/aromatic N) is 3. The summed E-state index contributed by atoms with van der Waals surface area (Å²) >= 11 is 0. The molecule has 0 bridgehead atoms. The Labute approximate surface area is 196 Å². The van der Waals surface area contributed by atoms with Gasteiger partial charge in [0.2, 0.25) is 5.78 Å². The fourth-order valence-electron chi connectivity index (χ4n) is 3.76. The summed E-state index contributed by atoms with van der Waals surface area (Å²) in [4.78, 5) is 25.6. The number of ether oxygens (including phenoxy) is 2. The molecule has 0 atom stereocenters. The molecule has 0 amide bonds. The van der Waals surface area contributed by atoms with Gasteiger partial charge in [0.25, 0.3) is 0 Å². The summed E-state index contributed by atoms with van der Waals surface area (Å²) in [6.07, 6.45) is 0. The van der Waals surface area contributed by atoms with Crippen molar-refractivity contribution in [2.45, 2.75) is 41.2 Å². The van der Waals surface area contributed by atoms with E-state index >= 15 is 0 Å². The summed E-state index contributed by atoms with van der Waals surface area (Å²) in [5.41, 5.74) is 3.73. The van der Waals surface area contributed by atoms with Crippen LogP contribution in [-0.2, 0) is 11.3 Å². The van der Waals surface area contributed by atoms with Gasteiger partial charge < -0.3 is 18.5 Å². The van der Waals surface area contributed by atoms with Crippen molar-refractivity contribution in [2.75, 3.05) is 6.61 Å². The number of aromatic nitrogens is 3. The van der Waals surface area contributed by atoms with Crippen molar-refractivity contribution in [3.63, 3.8) is 0 Å². The van der Waals surface area contributed by atoms with E-state index in [1.807, 2.05) is 25.3 Å². The normalized spacial score (nSPS) is 11.0. The van der Waals surface area contributed by atoms with E-state index in [1.165, 1.54) is 0 Å². The van der Waals surface area contributed by atoms with Gasteiger partial charge in [-0.15, -0.1) is 0 Å². The Bertz CT molecular complexity index is 1340. The molecule has 0 fully saturated rings. The molecular weight excluding hydrogens is 438 g/mol. The lowest BCUT2D eigenvalue weighted by Gasteiger charge is -2.11. The smallest absolute Gasteiger partial charge is 0.342 e. The molecular formula is C25H25N3O6. The number of esters is 1. The SMILES string of the molecule is Cc1cc(-n2c(C)cc(C(=O)COC(=O)c3ccccc3OCc3c(C)noc3C)c2C)no1. The number of aryl methyl sites for hydroxylation is 4. The quantitative estimate of drug-likeness (QED) is 0.275. The van der Waals surface area contributed by atoms with E-state index in [0.717, 1.165) is 17.0 Å². The molecule has 0 spiro atoms. The standard InChI is InChI=1S/C25H25N3O6/c1-14-10-20(17(4)28(14)24-11-15(2)33-27-24)22(29)13-32-25(30)19-8-6-7-9-23(19)31-12-21-16(3)26-34-18(21)5/h6-11H,12-13H2,1-5H3. The largest absolute Gasteiger partial charge is 0.488 e. The van der Waals surface area contributed by atoms with Crippen LogP contribution in [0.15, 0.2) is 45.4 Å². The van der Waals surface area contributed by atoms with Crippen molar-refractivity contribution in [1.29, 1.82) is 0 Å². The van der Waals surface area contributed by atoms with Crippen LogP contribution in [0.25, 0.3) is 5.82 Å². The summed E-state index contributed by atoms with van der Waals surface area (Å²) in [6, 6.07) is 10.3. The highest BCUT2D eigenvalue weighted by Crippen LogP contribution is 2.24. The van der Waals surface area contributed by atoms with E-state index in [1.54, 1.807) is 50.2 Å². The third kappa shape index (κ3) is 4.50. The molecule has 0 saturated heterocycles. The Morgan fingerprint density at radius 1 is 0.971 bits per heavy atom. The van der Waals surface area contributed by atoms with Crippen LogP contribution in [0.4, 0.5) is 0 Å². The number of hydrogen-bond donors (Lipinski definition) is 0. The number of Topliss-reactive ketones (excluding diaryl/α,β-unsaturated/α-hetero) is 1. The number of para-hydroxylation sites is 1. The van der Waals surface area contributed by atoms with Crippen LogP contribution in [0.5, 0.6) is 5.75 Å². The fourth-order valence-corrected chi connectivity index (χ4v) is 3.76. The molecule has 0 N–H and O–H groups in total. The molecule has 4 aromatic rings. The zero-order chi connectivity index (χ0) is 24.4. The first kappa shape index (κ1) is 23.0. The minimum Gasteiger partial charge on any atom is -0.488 e. The molecule has 3 aromatic heterocycles. The van der Waals surface area contributed by atoms with E-state index in [-0.39, 0.29) is 18.0 Å². The molecule has 0 unspecified atom stereocenters. The molecule has 34 heavy (non-hydrogen) atoms. The Morgan fingerprint density at radius 2 is 1.74 bits per heavy atom. The number of benzene rings is 1. The highest BCUT2D eigenvalue weighted by molar-refractivity contribution is 6.01. The van der Waals surface area contributed by atoms with Gasteiger partial charge >= 0.3 is 5.97 Å². The molecule has 0 saturated carbocycles. The van der Waals surface area contributed by atoms with Gasteiger partial charge in [-0.25, -0.2) is 4.79 Å². The van der Waals surface area contributed by atoms with Crippen molar-refractivity contribution in [2.24, 2.45) is 0 Å². The van der Waals surface area contributed by atoms with Crippen LogP contribution < -0.4 is 4.74 Å².